The van der Waals surface area contributed by atoms with Crippen molar-refractivity contribution in [1.82, 2.24) is 5.32 Å². The van der Waals surface area contributed by atoms with Crippen LogP contribution in [0.15, 0.2) is 12.1 Å². The third-order valence-corrected chi connectivity index (χ3v) is 3.05. The Morgan fingerprint density at radius 3 is 2.44 bits per heavy atom. The molecule has 0 aliphatic heterocycles. The molecule has 1 unspecified atom stereocenters. The first kappa shape index (κ1) is 15.4. The number of halogens is 3. The smallest absolute Gasteiger partial charge is 0.142 e. The summed E-state index contributed by atoms with van der Waals surface area (Å²) in [5.74, 6) is -0.617. The maximum Gasteiger partial charge on any atom is 0.142 e. The van der Waals surface area contributed by atoms with Gasteiger partial charge in [-0.1, -0.05) is 32.4 Å². The molecule has 18 heavy (non-hydrogen) atoms. The fraction of sp³-hybridized carbons (Fsp3) is 0.571. The van der Waals surface area contributed by atoms with Crippen molar-refractivity contribution >= 4 is 11.6 Å². The minimum absolute atomic E-state index is 0.170. The number of benzene rings is 1. The van der Waals surface area contributed by atoms with E-state index < -0.39 is 11.6 Å². The fourth-order valence-corrected chi connectivity index (χ4v) is 2.07. The summed E-state index contributed by atoms with van der Waals surface area (Å²) in [6.45, 7) is 6.94. The summed E-state index contributed by atoms with van der Waals surface area (Å²) >= 11 is 5.57. The molecule has 0 bridgehead atoms. The largest absolute Gasteiger partial charge is 0.310 e. The Labute approximate surface area is 113 Å². The van der Waals surface area contributed by atoms with Crippen LogP contribution in [0.2, 0.25) is 5.02 Å². The van der Waals surface area contributed by atoms with E-state index in [1.807, 2.05) is 6.92 Å². The topological polar surface area (TPSA) is 12.0 Å². The molecule has 0 spiro atoms. The molecule has 4 heteroatoms. The van der Waals surface area contributed by atoms with E-state index in [0.717, 1.165) is 25.5 Å². The highest BCUT2D eigenvalue weighted by Gasteiger charge is 2.18. The van der Waals surface area contributed by atoms with Crippen LogP contribution in [-0.2, 0) is 0 Å². The number of nitrogens with one attached hydrogen (secondary N) is 1. The Kier molecular flexibility index (Phi) is 6.03. The van der Waals surface area contributed by atoms with Crippen molar-refractivity contribution in [3.63, 3.8) is 0 Å². The van der Waals surface area contributed by atoms with Crippen LogP contribution >= 0.6 is 11.6 Å². The summed E-state index contributed by atoms with van der Waals surface area (Å²) < 4.78 is 27.3. The predicted molar refractivity (Wildman–Crippen MR) is 71.9 cm³/mol. The summed E-state index contributed by atoms with van der Waals surface area (Å²) in [5.41, 5.74) is 0.360. The van der Waals surface area contributed by atoms with Gasteiger partial charge in [0.25, 0.3) is 0 Å². The summed E-state index contributed by atoms with van der Waals surface area (Å²) in [6, 6.07) is 2.08. The van der Waals surface area contributed by atoms with Crippen LogP contribution in [0.3, 0.4) is 0 Å². The van der Waals surface area contributed by atoms with Gasteiger partial charge in [-0.3, -0.25) is 0 Å². The maximum atomic E-state index is 13.9. The highest BCUT2D eigenvalue weighted by atomic mass is 35.5. The second-order valence-corrected chi connectivity index (χ2v) is 5.33. The average molecular weight is 276 g/mol. The molecule has 102 valence electrons. The van der Waals surface area contributed by atoms with Crippen molar-refractivity contribution in [1.29, 1.82) is 0 Å². The van der Waals surface area contributed by atoms with Crippen LogP contribution in [-0.4, -0.2) is 6.54 Å². The van der Waals surface area contributed by atoms with Crippen molar-refractivity contribution in [3.05, 3.63) is 34.4 Å². The predicted octanol–water partition coefficient (Wildman–Crippen LogP) is 4.71. The standard InChI is InChI=1S/C14H20ClF2N/c1-4-5-18-14(6-9(2)3)10-7-13(17)11(15)8-12(10)16/h7-9,14,18H,4-6H2,1-3H3. The summed E-state index contributed by atoms with van der Waals surface area (Å²) in [7, 11) is 0. The van der Waals surface area contributed by atoms with Crippen molar-refractivity contribution in [2.75, 3.05) is 6.54 Å². The Morgan fingerprint density at radius 2 is 1.89 bits per heavy atom. The van der Waals surface area contributed by atoms with Crippen LogP contribution in [0.25, 0.3) is 0 Å². The van der Waals surface area contributed by atoms with Crippen LogP contribution < -0.4 is 5.32 Å². The van der Waals surface area contributed by atoms with Gasteiger partial charge in [-0.15, -0.1) is 0 Å². The van der Waals surface area contributed by atoms with Gasteiger partial charge in [-0.25, -0.2) is 8.78 Å². The molecule has 0 heterocycles. The molecular weight excluding hydrogens is 256 g/mol. The minimum Gasteiger partial charge on any atom is -0.310 e. The summed E-state index contributed by atoms with van der Waals surface area (Å²) in [6.07, 6.45) is 1.71. The van der Waals surface area contributed by atoms with Gasteiger partial charge in [0.1, 0.15) is 11.6 Å². The molecule has 1 N–H and O–H groups in total. The minimum atomic E-state index is -0.569. The molecule has 1 aromatic carbocycles. The molecule has 0 aliphatic rings. The molecule has 1 nitrogen and oxygen atoms in total. The van der Waals surface area contributed by atoms with Crippen LogP contribution in [0.4, 0.5) is 8.78 Å². The second kappa shape index (κ2) is 7.05. The van der Waals surface area contributed by atoms with Crippen LogP contribution in [0.5, 0.6) is 0 Å². The highest BCUT2D eigenvalue weighted by Crippen LogP contribution is 2.27. The van der Waals surface area contributed by atoms with Crippen molar-refractivity contribution in [3.8, 4) is 0 Å². The lowest BCUT2D eigenvalue weighted by molar-refractivity contribution is 0.414. The van der Waals surface area contributed by atoms with Gasteiger partial charge in [-0.2, -0.15) is 0 Å². The molecule has 1 atom stereocenters. The van der Waals surface area contributed by atoms with E-state index in [1.54, 1.807) is 0 Å². The lowest BCUT2D eigenvalue weighted by Crippen LogP contribution is -2.24. The third-order valence-electron chi connectivity index (χ3n) is 2.76. The molecular formula is C14H20ClF2N. The van der Waals surface area contributed by atoms with E-state index in [0.29, 0.717) is 11.5 Å². The lowest BCUT2D eigenvalue weighted by atomic mass is 9.96. The summed E-state index contributed by atoms with van der Waals surface area (Å²) in [4.78, 5) is 0. The van der Waals surface area contributed by atoms with Gasteiger partial charge < -0.3 is 5.32 Å². The Morgan fingerprint density at radius 1 is 1.22 bits per heavy atom. The zero-order valence-electron chi connectivity index (χ0n) is 11.1. The number of hydrogen-bond donors (Lipinski definition) is 1. The first-order chi connectivity index (χ1) is 8.45. The molecule has 0 fully saturated rings. The van der Waals surface area contributed by atoms with E-state index in [1.165, 1.54) is 6.07 Å². The Bertz CT molecular complexity index is 394. The summed E-state index contributed by atoms with van der Waals surface area (Å²) in [5, 5.41) is 3.08. The lowest BCUT2D eigenvalue weighted by Gasteiger charge is -2.21. The molecule has 0 saturated carbocycles. The Hall–Kier alpha value is -0.670. The first-order valence-electron chi connectivity index (χ1n) is 6.33. The molecule has 0 saturated heterocycles. The number of rotatable bonds is 6. The monoisotopic (exact) mass is 275 g/mol. The quantitative estimate of drug-likeness (QED) is 0.742. The van der Waals surface area contributed by atoms with Gasteiger partial charge in [-0.05, 0) is 37.4 Å². The van der Waals surface area contributed by atoms with Crippen molar-refractivity contribution in [2.24, 2.45) is 5.92 Å². The average Bonchev–Trinajstić information content (AvgIpc) is 2.29. The third kappa shape index (κ3) is 4.21. The van der Waals surface area contributed by atoms with Crippen LogP contribution in [0.1, 0.15) is 45.2 Å². The SMILES string of the molecule is CCCNC(CC(C)C)c1cc(F)c(Cl)cc1F. The normalized spacial score (nSPS) is 13.1. The van der Waals surface area contributed by atoms with Gasteiger partial charge in [0, 0.05) is 11.6 Å². The van der Waals surface area contributed by atoms with E-state index >= 15 is 0 Å². The van der Waals surface area contributed by atoms with E-state index in [9.17, 15) is 8.78 Å². The van der Waals surface area contributed by atoms with Gasteiger partial charge in [0.2, 0.25) is 0 Å². The van der Waals surface area contributed by atoms with E-state index in [4.69, 9.17) is 11.6 Å². The first-order valence-corrected chi connectivity index (χ1v) is 6.71. The maximum absolute atomic E-state index is 13.9. The zero-order chi connectivity index (χ0) is 13.7. The van der Waals surface area contributed by atoms with E-state index in [-0.39, 0.29) is 11.1 Å². The number of hydrogen-bond acceptors (Lipinski definition) is 1. The van der Waals surface area contributed by atoms with E-state index in [2.05, 4.69) is 19.2 Å². The Balaban J connectivity index is 2.99. The van der Waals surface area contributed by atoms with Crippen molar-refractivity contribution in [2.45, 2.75) is 39.7 Å². The molecule has 1 rings (SSSR count). The molecule has 1 aromatic rings. The highest BCUT2D eigenvalue weighted by molar-refractivity contribution is 6.30. The molecule has 0 radical (unpaired) electrons. The molecule has 0 aromatic heterocycles. The van der Waals surface area contributed by atoms with Gasteiger partial charge in [0.05, 0.1) is 5.02 Å². The second-order valence-electron chi connectivity index (χ2n) is 4.92. The van der Waals surface area contributed by atoms with Gasteiger partial charge >= 0.3 is 0 Å². The molecule has 0 aliphatic carbocycles. The van der Waals surface area contributed by atoms with Crippen molar-refractivity contribution < 1.29 is 8.78 Å². The fourth-order valence-electron chi connectivity index (χ4n) is 1.92. The zero-order valence-corrected chi connectivity index (χ0v) is 11.8. The van der Waals surface area contributed by atoms with Gasteiger partial charge in [0.15, 0.2) is 0 Å². The molecule has 0 amide bonds. The van der Waals surface area contributed by atoms with Crippen LogP contribution in [0, 0.1) is 17.6 Å².